The van der Waals surface area contributed by atoms with Crippen LogP contribution in [0.4, 0.5) is 4.39 Å². The van der Waals surface area contributed by atoms with E-state index in [1.807, 2.05) is 12.1 Å². The minimum Gasteiger partial charge on any atom is -0.297 e. The smallest absolute Gasteiger partial charge is 0.123 e. The lowest BCUT2D eigenvalue weighted by molar-refractivity contribution is 0.271. The summed E-state index contributed by atoms with van der Waals surface area (Å²) in [6.45, 7) is 4.45. The molecule has 0 saturated carbocycles. The van der Waals surface area contributed by atoms with Gasteiger partial charge in [-0.15, -0.1) is 0 Å². The molecular weight excluding hydrogens is 177 g/mol. The van der Waals surface area contributed by atoms with Crippen molar-refractivity contribution in [2.24, 2.45) is 0 Å². The highest BCUT2D eigenvalue weighted by Crippen LogP contribution is 2.31. The molecule has 0 spiro atoms. The number of halogens is 1. The van der Waals surface area contributed by atoms with Crippen molar-refractivity contribution in [2.75, 3.05) is 13.1 Å². The molecule has 0 aliphatic carbocycles. The van der Waals surface area contributed by atoms with E-state index in [2.05, 4.69) is 11.8 Å². The van der Waals surface area contributed by atoms with Gasteiger partial charge in [0.1, 0.15) is 5.82 Å². The van der Waals surface area contributed by atoms with Gasteiger partial charge in [-0.1, -0.05) is 19.1 Å². The van der Waals surface area contributed by atoms with Gasteiger partial charge in [0.15, 0.2) is 0 Å². The van der Waals surface area contributed by atoms with Crippen LogP contribution in [-0.2, 0) is 0 Å². The van der Waals surface area contributed by atoms with Crippen LogP contribution in [0.3, 0.4) is 0 Å². The number of likely N-dealkylation sites (tertiary alicyclic amines) is 1. The molecule has 76 valence electrons. The third-order valence-electron chi connectivity index (χ3n) is 3.02. The molecule has 1 aromatic rings. The van der Waals surface area contributed by atoms with E-state index in [1.165, 1.54) is 24.9 Å². The fourth-order valence-corrected chi connectivity index (χ4v) is 2.27. The van der Waals surface area contributed by atoms with Crippen LogP contribution in [0.25, 0.3) is 0 Å². The van der Waals surface area contributed by atoms with Gasteiger partial charge in [0.2, 0.25) is 0 Å². The Morgan fingerprint density at radius 1 is 1.36 bits per heavy atom. The maximum atomic E-state index is 12.7. The van der Waals surface area contributed by atoms with Crippen LogP contribution >= 0.6 is 0 Å². The molecule has 2 rings (SSSR count). The topological polar surface area (TPSA) is 3.24 Å². The zero-order valence-electron chi connectivity index (χ0n) is 8.54. The Bertz CT molecular complexity index is 294. The second-order valence-electron chi connectivity index (χ2n) is 3.84. The number of rotatable bonds is 2. The largest absolute Gasteiger partial charge is 0.297 e. The van der Waals surface area contributed by atoms with Crippen molar-refractivity contribution in [3.05, 3.63) is 35.6 Å². The molecule has 14 heavy (non-hydrogen) atoms. The van der Waals surface area contributed by atoms with Crippen molar-refractivity contribution in [3.8, 4) is 0 Å². The van der Waals surface area contributed by atoms with Gasteiger partial charge in [0.25, 0.3) is 0 Å². The van der Waals surface area contributed by atoms with Crippen LogP contribution in [-0.4, -0.2) is 18.0 Å². The molecule has 1 fully saturated rings. The first-order chi connectivity index (χ1) is 6.81. The average molecular weight is 193 g/mol. The van der Waals surface area contributed by atoms with E-state index < -0.39 is 0 Å². The molecule has 0 unspecified atom stereocenters. The Balaban J connectivity index is 2.17. The van der Waals surface area contributed by atoms with E-state index >= 15 is 0 Å². The lowest BCUT2D eigenvalue weighted by Crippen LogP contribution is -2.22. The molecule has 1 heterocycles. The van der Waals surface area contributed by atoms with Crippen molar-refractivity contribution in [2.45, 2.75) is 25.8 Å². The molecule has 1 atom stereocenters. The molecule has 0 N–H and O–H groups in total. The lowest BCUT2D eigenvalue weighted by atomic mass is 10.0. The Morgan fingerprint density at radius 2 is 2.07 bits per heavy atom. The van der Waals surface area contributed by atoms with E-state index in [0.29, 0.717) is 6.04 Å². The predicted octanol–water partition coefficient (Wildman–Crippen LogP) is 2.98. The molecular formula is C12H16FN. The third-order valence-corrected chi connectivity index (χ3v) is 3.02. The molecule has 1 saturated heterocycles. The Hall–Kier alpha value is -0.890. The summed E-state index contributed by atoms with van der Waals surface area (Å²) < 4.78 is 12.7. The Morgan fingerprint density at radius 3 is 2.71 bits per heavy atom. The highest BCUT2D eigenvalue weighted by molar-refractivity contribution is 5.20. The normalized spacial score (nSPS) is 22.9. The Labute approximate surface area is 84.5 Å². The van der Waals surface area contributed by atoms with Gasteiger partial charge < -0.3 is 0 Å². The molecule has 1 aliphatic rings. The van der Waals surface area contributed by atoms with Crippen LogP contribution in [0.1, 0.15) is 31.4 Å². The zero-order valence-corrected chi connectivity index (χ0v) is 8.54. The monoisotopic (exact) mass is 193 g/mol. The standard InChI is InChI=1S/C12H16FN/c1-2-14-9-3-4-12(14)10-5-7-11(13)8-6-10/h5-8,12H,2-4,9H2,1H3/t12-/m0/s1. The molecule has 0 aromatic heterocycles. The predicted molar refractivity (Wildman–Crippen MR) is 55.6 cm³/mol. The van der Waals surface area contributed by atoms with Gasteiger partial charge in [-0.05, 0) is 43.6 Å². The quantitative estimate of drug-likeness (QED) is 0.698. The number of benzene rings is 1. The first kappa shape index (κ1) is 9.66. The molecule has 0 bridgehead atoms. The van der Waals surface area contributed by atoms with Crippen molar-refractivity contribution in [3.63, 3.8) is 0 Å². The fraction of sp³-hybridized carbons (Fsp3) is 0.500. The van der Waals surface area contributed by atoms with Gasteiger partial charge >= 0.3 is 0 Å². The van der Waals surface area contributed by atoms with Gasteiger partial charge in [-0.2, -0.15) is 0 Å². The van der Waals surface area contributed by atoms with Gasteiger partial charge in [-0.25, -0.2) is 4.39 Å². The first-order valence-corrected chi connectivity index (χ1v) is 5.31. The summed E-state index contributed by atoms with van der Waals surface area (Å²) in [4.78, 5) is 2.45. The van der Waals surface area contributed by atoms with E-state index in [9.17, 15) is 4.39 Å². The molecule has 1 aliphatic heterocycles. The summed E-state index contributed by atoms with van der Waals surface area (Å²) in [7, 11) is 0. The molecule has 1 nitrogen and oxygen atoms in total. The van der Waals surface area contributed by atoms with E-state index in [-0.39, 0.29) is 5.82 Å². The van der Waals surface area contributed by atoms with Crippen LogP contribution < -0.4 is 0 Å². The van der Waals surface area contributed by atoms with Crippen LogP contribution in [0, 0.1) is 5.82 Å². The maximum Gasteiger partial charge on any atom is 0.123 e. The van der Waals surface area contributed by atoms with Crippen molar-refractivity contribution >= 4 is 0 Å². The lowest BCUT2D eigenvalue weighted by Gasteiger charge is -2.22. The SMILES string of the molecule is CCN1CCC[C@H]1c1ccc(F)cc1. The van der Waals surface area contributed by atoms with Gasteiger partial charge in [-0.3, -0.25) is 4.90 Å². The first-order valence-electron chi connectivity index (χ1n) is 5.31. The van der Waals surface area contributed by atoms with Crippen LogP contribution in [0.15, 0.2) is 24.3 Å². The third kappa shape index (κ3) is 1.80. The molecule has 2 heteroatoms. The molecule has 1 aromatic carbocycles. The fourth-order valence-electron chi connectivity index (χ4n) is 2.27. The van der Waals surface area contributed by atoms with Gasteiger partial charge in [0.05, 0.1) is 0 Å². The number of nitrogens with zero attached hydrogens (tertiary/aromatic N) is 1. The van der Waals surface area contributed by atoms with Crippen molar-refractivity contribution in [1.82, 2.24) is 4.90 Å². The zero-order chi connectivity index (χ0) is 9.97. The number of hydrogen-bond acceptors (Lipinski definition) is 1. The van der Waals surface area contributed by atoms with Gasteiger partial charge in [0, 0.05) is 6.04 Å². The summed E-state index contributed by atoms with van der Waals surface area (Å²) in [5, 5.41) is 0. The highest BCUT2D eigenvalue weighted by Gasteiger charge is 2.23. The summed E-state index contributed by atoms with van der Waals surface area (Å²) in [5.41, 5.74) is 1.26. The summed E-state index contributed by atoms with van der Waals surface area (Å²) >= 11 is 0. The van der Waals surface area contributed by atoms with Crippen molar-refractivity contribution < 1.29 is 4.39 Å². The van der Waals surface area contributed by atoms with E-state index in [1.54, 1.807) is 12.1 Å². The second-order valence-corrected chi connectivity index (χ2v) is 3.84. The molecule has 0 amide bonds. The number of hydrogen-bond donors (Lipinski definition) is 0. The second kappa shape index (κ2) is 4.09. The summed E-state index contributed by atoms with van der Waals surface area (Å²) in [6, 6.07) is 7.45. The molecule has 0 radical (unpaired) electrons. The maximum absolute atomic E-state index is 12.7. The van der Waals surface area contributed by atoms with Crippen LogP contribution in [0.5, 0.6) is 0 Å². The highest BCUT2D eigenvalue weighted by atomic mass is 19.1. The van der Waals surface area contributed by atoms with Crippen LogP contribution in [0.2, 0.25) is 0 Å². The Kier molecular flexibility index (Phi) is 2.82. The summed E-state index contributed by atoms with van der Waals surface area (Å²) in [6.07, 6.45) is 2.47. The van der Waals surface area contributed by atoms with E-state index in [0.717, 1.165) is 6.54 Å². The van der Waals surface area contributed by atoms with Crippen molar-refractivity contribution in [1.29, 1.82) is 0 Å². The summed E-state index contributed by atoms with van der Waals surface area (Å²) in [5.74, 6) is -0.144. The van der Waals surface area contributed by atoms with E-state index in [4.69, 9.17) is 0 Å². The average Bonchev–Trinajstić information content (AvgIpc) is 2.67. The minimum absolute atomic E-state index is 0.144. The minimum atomic E-state index is -0.144.